The van der Waals surface area contributed by atoms with Crippen molar-refractivity contribution in [3.8, 4) is 0 Å². The molecule has 1 saturated heterocycles. The second-order valence-electron chi connectivity index (χ2n) is 2.03. The van der Waals surface area contributed by atoms with E-state index in [0.29, 0.717) is 0 Å². The van der Waals surface area contributed by atoms with Gasteiger partial charge in [0.1, 0.15) is 10.5 Å². The van der Waals surface area contributed by atoms with Crippen molar-refractivity contribution in [3.05, 3.63) is 0 Å². The lowest BCUT2D eigenvalue weighted by Crippen LogP contribution is -2.25. The van der Waals surface area contributed by atoms with E-state index < -0.39 is 9.28 Å². The summed E-state index contributed by atoms with van der Waals surface area (Å²) in [7, 11) is -0.177. The summed E-state index contributed by atoms with van der Waals surface area (Å²) in [4.78, 5) is 0. The van der Waals surface area contributed by atoms with Crippen LogP contribution in [0.1, 0.15) is 12.8 Å². The Morgan fingerprint density at radius 1 is 1.50 bits per heavy atom. The summed E-state index contributed by atoms with van der Waals surface area (Å²) in [6.07, 6.45) is 2.58. The highest BCUT2D eigenvalue weighted by Crippen LogP contribution is 2.09. The van der Waals surface area contributed by atoms with Gasteiger partial charge in [-0.05, 0) is 18.9 Å². The first-order valence-corrected chi connectivity index (χ1v) is 5.65. The predicted molar refractivity (Wildman–Crippen MR) is 38.2 cm³/mol. The summed E-state index contributed by atoms with van der Waals surface area (Å²) in [5, 5.41) is 0. The highest BCUT2D eigenvalue weighted by atomic mass is 28.3. The van der Waals surface area contributed by atoms with Crippen LogP contribution in [0.25, 0.3) is 0 Å². The molecule has 1 atom stereocenters. The molecule has 48 valence electrons. The van der Waals surface area contributed by atoms with Crippen molar-refractivity contribution in [3.63, 3.8) is 0 Å². The molecule has 0 aromatic rings. The molecule has 0 spiro atoms. The smallest absolute Gasteiger partial charge is 0.310 e. The van der Waals surface area contributed by atoms with Crippen LogP contribution in [0.3, 0.4) is 0 Å². The summed E-state index contributed by atoms with van der Waals surface area (Å²) in [6, 6.07) is 1.24. The zero-order valence-corrected chi connectivity index (χ0v) is 8.38. The summed E-state index contributed by atoms with van der Waals surface area (Å²) in [5.74, 6) is 0. The monoisotopic (exact) mass is 148 g/mol. The van der Waals surface area contributed by atoms with Gasteiger partial charge in [0.05, 0.1) is 0 Å². The van der Waals surface area contributed by atoms with Gasteiger partial charge in [0.2, 0.25) is 0 Å². The fraction of sp³-hybridized carbons (Fsp3) is 1.00. The lowest BCUT2D eigenvalue weighted by molar-refractivity contribution is 0.241. The van der Waals surface area contributed by atoms with E-state index in [1.165, 1.54) is 18.9 Å². The van der Waals surface area contributed by atoms with Crippen molar-refractivity contribution in [1.82, 2.24) is 0 Å². The van der Waals surface area contributed by atoms with Gasteiger partial charge in [0, 0.05) is 6.61 Å². The van der Waals surface area contributed by atoms with Crippen LogP contribution >= 0.6 is 0 Å². The first kappa shape index (κ1) is 6.47. The first-order valence-electron chi connectivity index (χ1n) is 3.08. The van der Waals surface area contributed by atoms with Gasteiger partial charge in [-0.2, -0.15) is 0 Å². The molecule has 2 nitrogen and oxygen atoms in total. The topological polar surface area (TPSA) is 18.5 Å². The van der Waals surface area contributed by atoms with E-state index >= 15 is 0 Å². The lowest BCUT2D eigenvalue weighted by atomic mass is 10.4. The van der Waals surface area contributed by atoms with Crippen molar-refractivity contribution >= 4 is 19.8 Å². The quantitative estimate of drug-likeness (QED) is 0.459. The van der Waals surface area contributed by atoms with Gasteiger partial charge in [-0.3, -0.25) is 0 Å². The Labute approximate surface area is 54.6 Å². The van der Waals surface area contributed by atoms with Crippen molar-refractivity contribution in [2.75, 3.05) is 6.61 Å². The molecule has 0 saturated carbocycles. The van der Waals surface area contributed by atoms with E-state index in [1.54, 1.807) is 0 Å². The largest absolute Gasteiger partial charge is 0.447 e. The molecule has 1 fully saturated rings. The third-order valence-corrected chi connectivity index (χ3v) is 4.99. The maximum atomic E-state index is 5.38. The second-order valence-corrected chi connectivity index (χ2v) is 5.69. The first-order chi connectivity index (χ1) is 3.93. The molecule has 0 bridgehead atoms. The van der Waals surface area contributed by atoms with Crippen LogP contribution in [0.15, 0.2) is 0 Å². The van der Waals surface area contributed by atoms with Crippen LogP contribution in [-0.2, 0) is 8.54 Å². The van der Waals surface area contributed by atoms with Crippen LogP contribution in [0.4, 0.5) is 0 Å². The Morgan fingerprint density at radius 2 is 2.38 bits per heavy atom. The lowest BCUT2D eigenvalue weighted by Gasteiger charge is -2.18. The molecule has 1 rings (SSSR count). The van der Waals surface area contributed by atoms with E-state index in [1.807, 2.05) is 0 Å². The highest BCUT2D eigenvalue weighted by Gasteiger charge is 2.13. The SMILES string of the molecule is [SiH3]O[SiH]1CCCCO1. The minimum atomic E-state index is -1.04. The van der Waals surface area contributed by atoms with Crippen molar-refractivity contribution in [2.24, 2.45) is 0 Å². The molecule has 8 heavy (non-hydrogen) atoms. The summed E-state index contributed by atoms with van der Waals surface area (Å²) < 4.78 is 10.6. The van der Waals surface area contributed by atoms with Crippen LogP contribution < -0.4 is 0 Å². The molecule has 0 N–H and O–H groups in total. The molecule has 1 unspecified atom stereocenters. The maximum Gasteiger partial charge on any atom is 0.310 e. The van der Waals surface area contributed by atoms with Gasteiger partial charge in [-0.25, -0.2) is 0 Å². The van der Waals surface area contributed by atoms with Gasteiger partial charge in [0.25, 0.3) is 0 Å². The molecule has 0 aliphatic carbocycles. The van der Waals surface area contributed by atoms with Crippen molar-refractivity contribution in [1.29, 1.82) is 0 Å². The minimum absolute atomic E-state index is 0.867. The Hall–Kier alpha value is 0.354. The Morgan fingerprint density at radius 3 is 2.75 bits per heavy atom. The molecule has 1 aliphatic heterocycles. The molecule has 4 heteroatoms. The fourth-order valence-electron chi connectivity index (χ4n) is 0.897. The van der Waals surface area contributed by atoms with E-state index in [0.717, 1.165) is 17.1 Å². The zero-order chi connectivity index (χ0) is 5.82. The van der Waals surface area contributed by atoms with E-state index in [-0.39, 0.29) is 0 Å². The second kappa shape index (κ2) is 3.39. The van der Waals surface area contributed by atoms with Crippen LogP contribution in [0.5, 0.6) is 0 Å². The van der Waals surface area contributed by atoms with E-state index in [9.17, 15) is 0 Å². The van der Waals surface area contributed by atoms with Crippen molar-refractivity contribution < 1.29 is 8.54 Å². The molecule has 1 aliphatic rings. The maximum absolute atomic E-state index is 5.38. The van der Waals surface area contributed by atoms with Crippen LogP contribution in [0, 0.1) is 0 Å². The van der Waals surface area contributed by atoms with E-state index in [4.69, 9.17) is 8.54 Å². The fourth-order valence-corrected chi connectivity index (χ4v) is 3.60. The van der Waals surface area contributed by atoms with E-state index in [2.05, 4.69) is 0 Å². The van der Waals surface area contributed by atoms with Gasteiger partial charge in [-0.1, -0.05) is 0 Å². The van der Waals surface area contributed by atoms with Gasteiger partial charge >= 0.3 is 9.28 Å². The Bertz CT molecular complexity index is 63.1. The predicted octanol–water partition coefficient (Wildman–Crippen LogP) is -0.686. The van der Waals surface area contributed by atoms with Gasteiger partial charge < -0.3 is 8.54 Å². The van der Waals surface area contributed by atoms with Crippen LogP contribution in [0.2, 0.25) is 6.04 Å². The van der Waals surface area contributed by atoms with Crippen molar-refractivity contribution in [2.45, 2.75) is 18.9 Å². The normalized spacial score (nSPS) is 30.8. The molecule has 1 heterocycles. The minimum Gasteiger partial charge on any atom is -0.447 e. The molecule has 0 aromatic heterocycles. The average molecular weight is 148 g/mol. The van der Waals surface area contributed by atoms with Gasteiger partial charge in [0.15, 0.2) is 0 Å². The van der Waals surface area contributed by atoms with Crippen LogP contribution in [-0.4, -0.2) is 26.4 Å². The molecule has 0 aromatic carbocycles. The summed E-state index contributed by atoms with van der Waals surface area (Å²) in [6.45, 7) is 0.957. The Kier molecular flexibility index (Phi) is 2.75. The summed E-state index contributed by atoms with van der Waals surface area (Å²) >= 11 is 0. The molecule has 0 amide bonds. The number of hydrogen-bond acceptors (Lipinski definition) is 2. The standard InChI is InChI=1S/C4H12O2Si2/c7-6-8-4-2-1-3-5-8/h8H,1-4H2,7H3. The molecular weight excluding hydrogens is 136 g/mol. The number of rotatable bonds is 1. The summed E-state index contributed by atoms with van der Waals surface area (Å²) in [5.41, 5.74) is 0. The molecular formula is C4H12O2Si2. The third kappa shape index (κ3) is 1.70. The number of hydrogen-bond donors (Lipinski definition) is 0. The average Bonchev–Trinajstić information content (AvgIpc) is 1.90. The Balaban J connectivity index is 2.13. The van der Waals surface area contributed by atoms with Gasteiger partial charge in [-0.15, -0.1) is 0 Å². The zero-order valence-electron chi connectivity index (χ0n) is 5.22. The third-order valence-electron chi connectivity index (χ3n) is 1.40. The highest BCUT2D eigenvalue weighted by molar-refractivity contribution is 6.49. The molecule has 0 radical (unpaired) electrons.